The van der Waals surface area contributed by atoms with Gasteiger partial charge in [0, 0.05) is 24.4 Å². The first kappa shape index (κ1) is 12.9. The van der Waals surface area contributed by atoms with Crippen LogP contribution in [0.15, 0.2) is 18.2 Å². The van der Waals surface area contributed by atoms with Gasteiger partial charge in [0.2, 0.25) is 0 Å². The molecular formula is C16H23NO2. The second-order valence-corrected chi connectivity index (χ2v) is 5.91. The van der Waals surface area contributed by atoms with E-state index in [1.54, 1.807) is 0 Å². The van der Waals surface area contributed by atoms with Gasteiger partial charge in [-0.15, -0.1) is 0 Å². The van der Waals surface area contributed by atoms with Crippen molar-refractivity contribution in [2.24, 2.45) is 0 Å². The molecule has 3 nitrogen and oxygen atoms in total. The van der Waals surface area contributed by atoms with Gasteiger partial charge in [-0.3, -0.25) is 0 Å². The average Bonchev–Trinajstić information content (AvgIpc) is 2.41. The van der Waals surface area contributed by atoms with E-state index in [9.17, 15) is 0 Å². The van der Waals surface area contributed by atoms with Crippen LogP contribution in [-0.4, -0.2) is 19.0 Å². The number of anilines is 1. The van der Waals surface area contributed by atoms with E-state index in [0.29, 0.717) is 5.92 Å². The minimum Gasteiger partial charge on any atom is -0.399 e. The predicted molar refractivity (Wildman–Crippen MR) is 76.1 cm³/mol. The fraction of sp³-hybridized carbons (Fsp3) is 0.625. The third-order valence-corrected chi connectivity index (χ3v) is 4.44. The Labute approximate surface area is 115 Å². The molecule has 0 radical (unpaired) electrons. The largest absolute Gasteiger partial charge is 0.399 e. The average molecular weight is 261 g/mol. The highest BCUT2D eigenvalue weighted by Gasteiger charge is 2.39. The summed E-state index contributed by atoms with van der Waals surface area (Å²) < 4.78 is 12.2. The maximum absolute atomic E-state index is 6.11. The first-order valence-corrected chi connectivity index (χ1v) is 7.32. The summed E-state index contributed by atoms with van der Waals surface area (Å²) in [5, 5.41) is 0. The highest BCUT2D eigenvalue weighted by Crippen LogP contribution is 2.38. The first-order chi connectivity index (χ1) is 9.19. The van der Waals surface area contributed by atoms with E-state index in [-0.39, 0.29) is 5.79 Å². The van der Waals surface area contributed by atoms with Gasteiger partial charge in [-0.1, -0.05) is 12.5 Å². The smallest absolute Gasteiger partial charge is 0.168 e. The number of hydrogen-bond acceptors (Lipinski definition) is 3. The van der Waals surface area contributed by atoms with E-state index in [4.69, 9.17) is 15.2 Å². The normalized spacial score (nSPS) is 23.6. The van der Waals surface area contributed by atoms with Crippen LogP contribution in [0.3, 0.4) is 0 Å². The third kappa shape index (κ3) is 2.63. The van der Waals surface area contributed by atoms with Gasteiger partial charge in [-0.2, -0.15) is 0 Å². The Bertz CT molecular complexity index is 442. The molecule has 1 aliphatic heterocycles. The number of ether oxygens (including phenoxy) is 2. The first-order valence-electron chi connectivity index (χ1n) is 7.32. The van der Waals surface area contributed by atoms with E-state index in [1.807, 2.05) is 12.1 Å². The highest BCUT2D eigenvalue weighted by molar-refractivity contribution is 5.45. The van der Waals surface area contributed by atoms with Crippen molar-refractivity contribution in [1.29, 1.82) is 0 Å². The predicted octanol–water partition coefficient (Wildman–Crippen LogP) is 3.37. The lowest BCUT2D eigenvalue weighted by Crippen LogP contribution is -2.44. The topological polar surface area (TPSA) is 44.5 Å². The Hall–Kier alpha value is -1.06. The maximum Gasteiger partial charge on any atom is 0.168 e. The van der Waals surface area contributed by atoms with Crippen molar-refractivity contribution in [3.8, 4) is 0 Å². The Morgan fingerprint density at radius 2 is 1.79 bits per heavy atom. The number of rotatable bonds is 1. The molecule has 1 aromatic carbocycles. The van der Waals surface area contributed by atoms with Gasteiger partial charge in [0.15, 0.2) is 5.79 Å². The Morgan fingerprint density at radius 1 is 1.11 bits per heavy atom. The van der Waals surface area contributed by atoms with Gasteiger partial charge >= 0.3 is 0 Å². The van der Waals surface area contributed by atoms with Crippen LogP contribution in [0.4, 0.5) is 5.69 Å². The van der Waals surface area contributed by atoms with Crippen LogP contribution in [0, 0.1) is 6.92 Å². The number of hydrogen-bond donors (Lipinski definition) is 1. The lowest BCUT2D eigenvalue weighted by atomic mass is 9.90. The second kappa shape index (κ2) is 5.14. The number of nitrogens with two attached hydrogens (primary N) is 1. The Balaban J connectivity index is 1.69. The van der Waals surface area contributed by atoms with Gasteiger partial charge in [-0.05, 0) is 43.0 Å². The molecule has 1 aromatic rings. The van der Waals surface area contributed by atoms with Crippen molar-refractivity contribution in [3.05, 3.63) is 29.3 Å². The SMILES string of the molecule is Cc1cc(N)ccc1C1COC2(CCCCC2)OC1. The molecule has 0 aromatic heterocycles. The number of benzene rings is 1. The van der Waals surface area contributed by atoms with Crippen LogP contribution >= 0.6 is 0 Å². The quantitative estimate of drug-likeness (QED) is 0.788. The molecule has 0 atom stereocenters. The van der Waals surface area contributed by atoms with Gasteiger partial charge in [0.1, 0.15) is 0 Å². The molecule has 104 valence electrons. The molecule has 19 heavy (non-hydrogen) atoms. The zero-order chi connectivity index (χ0) is 13.3. The molecular weight excluding hydrogens is 238 g/mol. The van der Waals surface area contributed by atoms with Crippen LogP contribution in [0.2, 0.25) is 0 Å². The summed E-state index contributed by atoms with van der Waals surface area (Å²) >= 11 is 0. The van der Waals surface area contributed by atoms with Crippen molar-refractivity contribution in [3.63, 3.8) is 0 Å². The summed E-state index contributed by atoms with van der Waals surface area (Å²) in [7, 11) is 0. The van der Waals surface area contributed by atoms with Gasteiger partial charge in [0.05, 0.1) is 13.2 Å². The summed E-state index contributed by atoms with van der Waals surface area (Å²) in [5.74, 6) is 0.0735. The van der Waals surface area contributed by atoms with Crippen molar-refractivity contribution in [1.82, 2.24) is 0 Å². The zero-order valence-electron chi connectivity index (χ0n) is 11.7. The van der Waals surface area contributed by atoms with Crippen LogP contribution in [0.5, 0.6) is 0 Å². The van der Waals surface area contributed by atoms with Crippen LogP contribution < -0.4 is 5.73 Å². The minimum absolute atomic E-state index is 0.267. The fourth-order valence-electron chi connectivity index (χ4n) is 3.31. The molecule has 2 aliphatic rings. The van der Waals surface area contributed by atoms with Crippen LogP contribution in [0.25, 0.3) is 0 Å². The molecule has 1 saturated carbocycles. The van der Waals surface area contributed by atoms with E-state index in [2.05, 4.69) is 13.0 Å². The lowest BCUT2D eigenvalue weighted by molar-refractivity contribution is -0.285. The number of aryl methyl sites for hydroxylation is 1. The zero-order valence-corrected chi connectivity index (χ0v) is 11.7. The maximum atomic E-state index is 6.11. The van der Waals surface area contributed by atoms with E-state index < -0.39 is 0 Å². The highest BCUT2D eigenvalue weighted by atomic mass is 16.7. The molecule has 2 fully saturated rings. The van der Waals surface area contributed by atoms with E-state index >= 15 is 0 Å². The summed E-state index contributed by atoms with van der Waals surface area (Å²) in [4.78, 5) is 0. The summed E-state index contributed by atoms with van der Waals surface area (Å²) in [6.07, 6.45) is 5.88. The second-order valence-electron chi connectivity index (χ2n) is 5.91. The van der Waals surface area contributed by atoms with Crippen LogP contribution in [-0.2, 0) is 9.47 Å². The molecule has 1 aliphatic carbocycles. The van der Waals surface area contributed by atoms with E-state index in [0.717, 1.165) is 31.7 Å². The molecule has 2 N–H and O–H groups in total. The fourth-order valence-corrected chi connectivity index (χ4v) is 3.31. The molecule has 1 saturated heterocycles. The van der Waals surface area contributed by atoms with Crippen molar-refractivity contribution in [2.75, 3.05) is 18.9 Å². The molecule has 1 heterocycles. The summed E-state index contributed by atoms with van der Waals surface area (Å²) in [5.41, 5.74) is 9.17. The molecule has 0 unspecified atom stereocenters. The Kier molecular flexibility index (Phi) is 3.50. The molecule has 3 heteroatoms. The lowest BCUT2D eigenvalue weighted by Gasteiger charge is -2.42. The van der Waals surface area contributed by atoms with Crippen molar-refractivity contribution < 1.29 is 9.47 Å². The summed E-state index contributed by atoms with van der Waals surface area (Å²) in [6, 6.07) is 6.11. The van der Waals surface area contributed by atoms with Crippen molar-refractivity contribution >= 4 is 5.69 Å². The van der Waals surface area contributed by atoms with Gasteiger partial charge in [-0.25, -0.2) is 0 Å². The molecule has 3 rings (SSSR count). The van der Waals surface area contributed by atoms with Crippen molar-refractivity contribution in [2.45, 2.75) is 50.7 Å². The monoisotopic (exact) mass is 261 g/mol. The van der Waals surface area contributed by atoms with E-state index in [1.165, 1.54) is 30.4 Å². The summed E-state index contributed by atoms with van der Waals surface area (Å²) in [6.45, 7) is 3.65. The minimum atomic E-state index is -0.267. The number of nitrogen functional groups attached to an aromatic ring is 1. The van der Waals surface area contributed by atoms with Gasteiger partial charge in [0.25, 0.3) is 0 Å². The molecule has 0 amide bonds. The molecule has 0 bridgehead atoms. The van der Waals surface area contributed by atoms with Gasteiger partial charge < -0.3 is 15.2 Å². The Morgan fingerprint density at radius 3 is 2.42 bits per heavy atom. The standard InChI is InChI=1S/C16H23NO2/c1-12-9-14(17)5-6-15(12)13-10-18-16(19-11-13)7-3-2-4-8-16/h5-6,9,13H,2-4,7-8,10-11,17H2,1H3. The van der Waals surface area contributed by atoms with Crippen LogP contribution in [0.1, 0.15) is 49.1 Å². The third-order valence-electron chi connectivity index (χ3n) is 4.44. The molecule has 1 spiro atoms.